The van der Waals surface area contributed by atoms with Crippen LogP contribution >= 0.6 is 7.60 Å². The summed E-state index contributed by atoms with van der Waals surface area (Å²) < 4.78 is 32.0. The van der Waals surface area contributed by atoms with Crippen molar-refractivity contribution in [3.05, 3.63) is 62.2 Å². The van der Waals surface area contributed by atoms with E-state index in [1.165, 1.54) is 12.1 Å². The molecule has 1 unspecified atom stereocenters. The maximum absolute atomic E-state index is 14.5. The van der Waals surface area contributed by atoms with Crippen LogP contribution in [0.2, 0.25) is 0 Å². The van der Waals surface area contributed by atoms with Gasteiger partial charge >= 0.3 is 13.6 Å². The Balaban J connectivity index is 2.71. The van der Waals surface area contributed by atoms with Crippen molar-refractivity contribution in [1.82, 2.24) is 10.2 Å². The lowest BCUT2D eigenvalue weighted by molar-refractivity contribution is -0.384. The Hall–Kier alpha value is -2.52. The quantitative estimate of drug-likeness (QED) is 0.152. The highest BCUT2D eigenvalue weighted by Crippen LogP contribution is 2.64. The molecule has 1 atom stereocenters. The summed E-state index contributed by atoms with van der Waals surface area (Å²) in [4.78, 5) is 26.4. The van der Waals surface area contributed by atoms with Gasteiger partial charge in [-0.2, -0.15) is 0 Å². The smallest absolute Gasteiger partial charge is 0.360 e. The summed E-state index contributed by atoms with van der Waals surface area (Å²) in [6, 6.07) is 5.98. The normalized spacial score (nSPS) is 16.6. The molecule has 0 radical (unpaired) electrons. The number of hydrogen-bond donors (Lipinski definition) is 1. The number of allylic oxidation sites excluding steroid dienone is 3. The molecular formula is C26H40N3O7P. The third-order valence-electron chi connectivity index (χ3n) is 5.58. The first-order valence-corrected chi connectivity index (χ1v) is 14.0. The van der Waals surface area contributed by atoms with Gasteiger partial charge in [-0.15, -0.1) is 0 Å². The Bertz CT molecular complexity index is 1080. The van der Waals surface area contributed by atoms with Crippen molar-refractivity contribution < 1.29 is 28.1 Å². The van der Waals surface area contributed by atoms with Gasteiger partial charge in [0, 0.05) is 30.1 Å². The Morgan fingerprint density at radius 2 is 1.70 bits per heavy atom. The average molecular weight is 538 g/mol. The lowest BCUT2D eigenvalue weighted by Gasteiger charge is -2.35. The van der Waals surface area contributed by atoms with E-state index in [-0.39, 0.29) is 48.2 Å². The summed E-state index contributed by atoms with van der Waals surface area (Å²) in [6.45, 7) is 12.2. The van der Waals surface area contributed by atoms with E-state index in [9.17, 15) is 19.5 Å². The van der Waals surface area contributed by atoms with Gasteiger partial charge in [-0.05, 0) is 45.3 Å². The minimum Gasteiger partial charge on any atom is -0.461 e. The van der Waals surface area contributed by atoms with Crippen LogP contribution in [-0.4, -0.2) is 56.3 Å². The first-order chi connectivity index (χ1) is 17.3. The van der Waals surface area contributed by atoms with Gasteiger partial charge < -0.3 is 24.0 Å². The van der Waals surface area contributed by atoms with Crippen LogP contribution < -0.4 is 5.32 Å². The van der Waals surface area contributed by atoms with Crippen molar-refractivity contribution in [2.45, 2.75) is 47.5 Å². The molecule has 1 N–H and O–H groups in total. The number of non-ortho nitro benzene ring substituents is 1. The second-order valence-electron chi connectivity index (χ2n) is 10.3. The molecule has 1 aliphatic heterocycles. The number of nitrogens with zero attached hydrogens (tertiary/aromatic N) is 2. The van der Waals surface area contributed by atoms with Gasteiger partial charge in [0.05, 0.1) is 34.9 Å². The summed E-state index contributed by atoms with van der Waals surface area (Å²) in [5.74, 6) is -1.40. The van der Waals surface area contributed by atoms with Crippen molar-refractivity contribution >= 4 is 19.3 Å². The molecule has 0 amide bonds. The number of hydrogen-bond acceptors (Lipinski definition) is 9. The topological polar surface area (TPSA) is 120 Å². The maximum atomic E-state index is 14.5. The Kier molecular flexibility index (Phi) is 11.1. The largest absolute Gasteiger partial charge is 0.461 e. The van der Waals surface area contributed by atoms with Crippen molar-refractivity contribution in [3.8, 4) is 0 Å². The third kappa shape index (κ3) is 8.23. The van der Waals surface area contributed by atoms with Gasteiger partial charge in [0.25, 0.3) is 5.69 Å². The predicted molar refractivity (Wildman–Crippen MR) is 143 cm³/mol. The van der Waals surface area contributed by atoms with E-state index < -0.39 is 24.4 Å². The number of nitrogens with one attached hydrogen (secondary N) is 1. The van der Waals surface area contributed by atoms with Crippen LogP contribution in [0.1, 0.15) is 53.0 Å². The number of benzene rings is 1. The molecule has 0 saturated carbocycles. The fourth-order valence-electron chi connectivity index (χ4n) is 3.83. The number of likely N-dealkylation sites (N-methyl/N-ethyl adjacent to an activating group) is 1. The van der Waals surface area contributed by atoms with E-state index in [1.807, 2.05) is 46.7 Å². The summed E-state index contributed by atoms with van der Waals surface area (Å²) in [7, 11) is -0.235. The van der Waals surface area contributed by atoms with Crippen molar-refractivity contribution in [2.75, 3.05) is 40.5 Å². The number of nitro groups is 1. The lowest BCUT2D eigenvalue weighted by atomic mass is 9.86. The molecule has 1 aromatic carbocycles. The average Bonchev–Trinajstić information content (AvgIpc) is 2.80. The fourth-order valence-corrected chi connectivity index (χ4v) is 6.23. The molecule has 0 fully saturated rings. The molecule has 0 aliphatic carbocycles. The van der Waals surface area contributed by atoms with E-state index >= 15 is 0 Å². The molecule has 1 aliphatic rings. The van der Waals surface area contributed by atoms with Crippen LogP contribution in [0.5, 0.6) is 0 Å². The molecule has 11 heteroatoms. The third-order valence-corrected chi connectivity index (χ3v) is 7.74. The van der Waals surface area contributed by atoms with Crippen LogP contribution in [0.25, 0.3) is 0 Å². The number of carbonyl (C=O) groups is 1. The highest BCUT2D eigenvalue weighted by atomic mass is 31.2. The molecule has 206 valence electrons. The van der Waals surface area contributed by atoms with Gasteiger partial charge in [0.15, 0.2) is 0 Å². The summed E-state index contributed by atoms with van der Waals surface area (Å²) in [5, 5.41) is 15.0. The van der Waals surface area contributed by atoms with E-state index in [0.717, 1.165) is 0 Å². The van der Waals surface area contributed by atoms with Gasteiger partial charge in [0.2, 0.25) is 0 Å². The number of nitro benzene ring substituents is 1. The fraction of sp³-hybridized carbons (Fsp3) is 0.577. The Morgan fingerprint density at radius 1 is 1.11 bits per heavy atom. The van der Waals surface area contributed by atoms with Crippen molar-refractivity contribution in [3.63, 3.8) is 0 Å². The second-order valence-corrected chi connectivity index (χ2v) is 12.3. The van der Waals surface area contributed by atoms with Crippen LogP contribution in [0.4, 0.5) is 5.69 Å². The molecule has 1 aromatic rings. The van der Waals surface area contributed by atoms with Crippen LogP contribution in [0, 0.1) is 22.0 Å². The van der Waals surface area contributed by atoms with Gasteiger partial charge in [-0.25, -0.2) is 4.79 Å². The zero-order valence-electron chi connectivity index (χ0n) is 23.1. The number of carbonyl (C=O) groups excluding carboxylic acids is 1. The number of rotatable bonds is 13. The van der Waals surface area contributed by atoms with Gasteiger partial charge in [0.1, 0.15) is 6.61 Å². The summed E-state index contributed by atoms with van der Waals surface area (Å²) >= 11 is 0. The molecule has 1 heterocycles. The van der Waals surface area contributed by atoms with Crippen molar-refractivity contribution in [2.24, 2.45) is 11.8 Å². The highest BCUT2D eigenvalue weighted by molar-refractivity contribution is 7.58. The summed E-state index contributed by atoms with van der Waals surface area (Å²) in [5.41, 5.74) is 1.50. The van der Waals surface area contributed by atoms with E-state index in [0.29, 0.717) is 23.5 Å². The zero-order chi connectivity index (χ0) is 27.9. The molecule has 0 spiro atoms. The monoisotopic (exact) mass is 537 g/mol. The standard InChI is InChI=1S/C26H40N3O7P/c1-17(2)15-35-37(33,36-16-18(3)4)25-20(6)27-19(5)23(26(30)34-13-12-28(7)8)24(25)21-10-9-11-22(14-21)29(31)32/h9-11,14,17-18,24,27H,12-13,15-16H2,1-8H3. The van der Waals surface area contributed by atoms with Crippen LogP contribution in [0.3, 0.4) is 0 Å². The Labute approximate surface area is 219 Å². The first kappa shape index (κ1) is 30.7. The molecule has 0 saturated heterocycles. The zero-order valence-corrected chi connectivity index (χ0v) is 24.0. The highest BCUT2D eigenvalue weighted by Gasteiger charge is 2.45. The van der Waals surface area contributed by atoms with Gasteiger partial charge in [-0.3, -0.25) is 14.7 Å². The lowest BCUT2D eigenvalue weighted by Crippen LogP contribution is -2.31. The predicted octanol–water partition coefficient (Wildman–Crippen LogP) is 5.43. The minimum absolute atomic E-state index is 0.0671. The van der Waals surface area contributed by atoms with Crippen LogP contribution in [0.15, 0.2) is 46.5 Å². The molecule has 37 heavy (non-hydrogen) atoms. The number of esters is 1. The van der Waals surface area contributed by atoms with Crippen LogP contribution in [-0.2, 0) is 23.1 Å². The van der Waals surface area contributed by atoms with E-state index in [2.05, 4.69) is 5.32 Å². The SMILES string of the molecule is CC1=C(C(=O)OCCN(C)C)C(c2cccc([N+](=O)[O-])c2)C(P(=O)(OCC(C)C)OCC(C)C)=C(C)N1. The van der Waals surface area contributed by atoms with Crippen molar-refractivity contribution in [1.29, 1.82) is 0 Å². The summed E-state index contributed by atoms with van der Waals surface area (Å²) in [6.07, 6.45) is 0. The van der Waals surface area contributed by atoms with E-state index in [4.69, 9.17) is 13.8 Å². The number of ether oxygens (including phenoxy) is 1. The van der Waals surface area contributed by atoms with Gasteiger partial charge in [-0.1, -0.05) is 39.8 Å². The molecule has 0 aromatic heterocycles. The maximum Gasteiger partial charge on any atom is 0.360 e. The number of dihydropyridines is 1. The van der Waals surface area contributed by atoms with E-state index in [1.54, 1.807) is 26.0 Å². The minimum atomic E-state index is -3.97. The second kappa shape index (κ2) is 13.3. The molecule has 0 bridgehead atoms. The molecular weight excluding hydrogens is 497 g/mol. The molecule has 2 rings (SSSR count). The molecule has 10 nitrogen and oxygen atoms in total. The Morgan fingerprint density at radius 3 is 2.22 bits per heavy atom. The first-order valence-electron chi connectivity index (χ1n) is 12.4.